The normalized spacial score (nSPS) is 13.0. The summed E-state index contributed by atoms with van der Waals surface area (Å²) in [6.45, 7) is 0.0389. The van der Waals surface area contributed by atoms with Crippen molar-refractivity contribution >= 4 is 61.2 Å². The van der Waals surface area contributed by atoms with Gasteiger partial charge >= 0.3 is 0 Å². The number of hydrogen-bond donors (Lipinski definition) is 3. The second-order valence-corrected chi connectivity index (χ2v) is 11.4. The summed E-state index contributed by atoms with van der Waals surface area (Å²) < 4.78 is 29.1. The fourth-order valence-electron chi connectivity index (χ4n) is 5.14. The Bertz CT molecular complexity index is 2000. The molecule has 0 atom stereocenters. The molecule has 11 heteroatoms. The van der Waals surface area contributed by atoms with Gasteiger partial charge in [-0.3, -0.25) is 19.7 Å². The number of halogens is 1. The molecule has 40 heavy (non-hydrogen) atoms. The average molecular weight is 574 g/mol. The Morgan fingerprint density at radius 2 is 1.57 bits per heavy atom. The van der Waals surface area contributed by atoms with Gasteiger partial charge in [-0.2, -0.15) is 0 Å². The van der Waals surface area contributed by atoms with Gasteiger partial charge < -0.3 is 9.67 Å². The van der Waals surface area contributed by atoms with Gasteiger partial charge in [-0.05, 0) is 48.0 Å². The number of nitrogens with one attached hydrogen (secondary N) is 2. The van der Waals surface area contributed by atoms with Crippen molar-refractivity contribution in [3.63, 3.8) is 0 Å². The van der Waals surface area contributed by atoms with Crippen LogP contribution < -0.4 is 10.0 Å². The number of rotatable bonds is 6. The van der Waals surface area contributed by atoms with Crippen molar-refractivity contribution in [3.8, 4) is 16.9 Å². The van der Waals surface area contributed by atoms with E-state index < -0.39 is 27.7 Å². The zero-order chi connectivity index (χ0) is 28.2. The van der Waals surface area contributed by atoms with Gasteiger partial charge in [0.25, 0.3) is 21.8 Å². The summed E-state index contributed by atoms with van der Waals surface area (Å²) in [6, 6.07) is 20.8. The molecule has 5 aromatic rings. The number of hydrogen-bond acceptors (Lipinski definition) is 6. The first-order valence-corrected chi connectivity index (χ1v) is 14.0. The quantitative estimate of drug-likeness (QED) is 0.254. The lowest BCUT2D eigenvalue weighted by molar-refractivity contribution is -0.119. The third kappa shape index (κ3) is 4.18. The van der Waals surface area contributed by atoms with E-state index in [0.717, 1.165) is 0 Å². The minimum Gasteiger partial charge on any atom is -0.508 e. The molecule has 4 aromatic carbocycles. The van der Waals surface area contributed by atoms with Crippen LogP contribution in [-0.2, 0) is 21.4 Å². The van der Waals surface area contributed by atoms with Crippen molar-refractivity contribution < 1.29 is 27.9 Å². The van der Waals surface area contributed by atoms with E-state index in [4.69, 9.17) is 11.6 Å². The molecule has 0 unspecified atom stereocenters. The lowest BCUT2D eigenvalue weighted by atomic mass is 9.93. The van der Waals surface area contributed by atoms with Crippen LogP contribution in [0.15, 0.2) is 83.8 Å². The van der Waals surface area contributed by atoms with E-state index in [9.17, 15) is 27.9 Å². The average Bonchev–Trinajstić information content (AvgIpc) is 3.40. The zero-order valence-corrected chi connectivity index (χ0v) is 22.2. The van der Waals surface area contributed by atoms with E-state index in [2.05, 4.69) is 10.0 Å². The standard InChI is InChI=1S/C29H20ClN3O6S/c30-21-9-5-4-8-18(21)19-15-23-25(27-26(19)28(36)31-29(27)37)20-14-16(34)10-11-22(20)33(23)13-12-24(35)32-40(38,39)17-6-2-1-3-7-17/h1-11,14-15,34H,12-13H2,(H,32,35)(H,31,36,37). The highest BCUT2D eigenvalue weighted by Crippen LogP contribution is 2.42. The molecule has 0 spiro atoms. The zero-order valence-electron chi connectivity index (χ0n) is 20.6. The highest BCUT2D eigenvalue weighted by molar-refractivity contribution is 7.90. The summed E-state index contributed by atoms with van der Waals surface area (Å²) >= 11 is 6.48. The molecule has 0 aliphatic carbocycles. The van der Waals surface area contributed by atoms with E-state index in [-0.39, 0.29) is 34.7 Å². The third-order valence-corrected chi connectivity index (χ3v) is 8.57. The molecule has 0 radical (unpaired) electrons. The lowest BCUT2D eigenvalue weighted by Crippen LogP contribution is -2.31. The minimum absolute atomic E-state index is 0.0358. The number of amides is 3. The van der Waals surface area contributed by atoms with Gasteiger partial charge in [0.1, 0.15) is 5.75 Å². The molecule has 0 bridgehead atoms. The molecule has 1 aliphatic heterocycles. The molecule has 2 heterocycles. The van der Waals surface area contributed by atoms with Crippen molar-refractivity contribution in [1.82, 2.24) is 14.6 Å². The van der Waals surface area contributed by atoms with Crippen molar-refractivity contribution in [3.05, 3.63) is 95.0 Å². The number of phenols is 1. The number of benzene rings is 4. The van der Waals surface area contributed by atoms with Crippen LogP contribution in [0.1, 0.15) is 27.1 Å². The van der Waals surface area contributed by atoms with Crippen molar-refractivity contribution in [1.29, 1.82) is 0 Å². The van der Waals surface area contributed by atoms with E-state index >= 15 is 0 Å². The molecule has 200 valence electrons. The Hall–Kier alpha value is -4.67. The van der Waals surface area contributed by atoms with Gasteiger partial charge in [-0.15, -0.1) is 0 Å². The van der Waals surface area contributed by atoms with Gasteiger partial charge in [0.05, 0.1) is 21.5 Å². The predicted octanol–water partition coefficient (Wildman–Crippen LogP) is 4.60. The van der Waals surface area contributed by atoms with Gasteiger partial charge in [0.2, 0.25) is 5.91 Å². The Morgan fingerprint density at radius 3 is 2.33 bits per heavy atom. The topological polar surface area (TPSA) is 135 Å². The number of sulfonamides is 1. The van der Waals surface area contributed by atoms with Crippen LogP contribution in [0.5, 0.6) is 5.75 Å². The van der Waals surface area contributed by atoms with Crippen LogP contribution >= 0.6 is 11.6 Å². The van der Waals surface area contributed by atoms with Crippen molar-refractivity contribution in [2.45, 2.75) is 17.9 Å². The highest BCUT2D eigenvalue weighted by atomic mass is 35.5. The number of imide groups is 1. The number of carbonyl (C=O) groups is 3. The van der Waals surface area contributed by atoms with Crippen LogP contribution in [0.4, 0.5) is 0 Å². The van der Waals surface area contributed by atoms with Crippen LogP contribution in [0.3, 0.4) is 0 Å². The monoisotopic (exact) mass is 573 g/mol. The summed E-state index contributed by atoms with van der Waals surface area (Å²) in [4.78, 5) is 38.8. The fraction of sp³-hybridized carbons (Fsp3) is 0.0690. The predicted molar refractivity (Wildman–Crippen MR) is 150 cm³/mol. The molecular formula is C29H20ClN3O6S. The summed E-state index contributed by atoms with van der Waals surface area (Å²) in [5.41, 5.74) is 2.37. The van der Waals surface area contributed by atoms with Crippen LogP contribution in [-0.4, -0.2) is 35.8 Å². The number of carbonyl (C=O) groups excluding carboxylic acids is 3. The first kappa shape index (κ1) is 25.6. The molecule has 6 rings (SSSR count). The van der Waals surface area contributed by atoms with Gasteiger partial charge in [-0.1, -0.05) is 48.0 Å². The molecule has 9 nitrogen and oxygen atoms in total. The smallest absolute Gasteiger partial charge is 0.264 e. The largest absolute Gasteiger partial charge is 0.508 e. The maximum atomic E-state index is 13.1. The van der Waals surface area contributed by atoms with Crippen LogP contribution in [0, 0.1) is 0 Å². The maximum absolute atomic E-state index is 13.1. The highest BCUT2D eigenvalue weighted by Gasteiger charge is 2.35. The van der Waals surface area contributed by atoms with Crippen LogP contribution in [0.2, 0.25) is 5.02 Å². The molecule has 0 saturated heterocycles. The second-order valence-electron chi connectivity index (χ2n) is 9.28. The van der Waals surface area contributed by atoms with E-state index in [1.165, 1.54) is 24.3 Å². The van der Waals surface area contributed by atoms with E-state index in [1.807, 2.05) is 0 Å². The van der Waals surface area contributed by atoms with Gasteiger partial charge in [0, 0.05) is 39.8 Å². The number of nitrogens with zero attached hydrogens (tertiary/aromatic N) is 1. The number of fused-ring (bicyclic) bond motifs is 5. The first-order valence-electron chi connectivity index (χ1n) is 12.2. The molecule has 0 saturated carbocycles. The minimum atomic E-state index is -4.06. The Labute approximate surface area is 233 Å². The van der Waals surface area contributed by atoms with Crippen molar-refractivity contribution in [2.24, 2.45) is 0 Å². The number of aromatic hydroxyl groups is 1. The van der Waals surface area contributed by atoms with Crippen LogP contribution in [0.25, 0.3) is 32.9 Å². The molecular weight excluding hydrogens is 554 g/mol. The molecule has 3 N–H and O–H groups in total. The third-order valence-electron chi connectivity index (χ3n) is 6.85. The van der Waals surface area contributed by atoms with E-state index in [1.54, 1.807) is 59.2 Å². The number of phenolic OH excluding ortho intramolecular Hbond substituents is 1. The van der Waals surface area contributed by atoms with Crippen molar-refractivity contribution in [2.75, 3.05) is 0 Å². The Balaban J connectivity index is 1.50. The summed E-state index contributed by atoms with van der Waals surface area (Å²) in [5, 5.41) is 13.9. The maximum Gasteiger partial charge on any atom is 0.264 e. The first-order chi connectivity index (χ1) is 19.2. The number of aromatic nitrogens is 1. The second kappa shape index (κ2) is 9.51. The molecule has 0 fully saturated rings. The molecule has 3 amide bonds. The van der Waals surface area contributed by atoms with Gasteiger partial charge in [0.15, 0.2) is 0 Å². The summed E-state index contributed by atoms with van der Waals surface area (Å²) in [6.07, 6.45) is -0.213. The van der Waals surface area contributed by atoms with Gasteiger partial charge in [-0.25, -0.2) is 13.1 Å². The summed E-state index contributed by atoms with van der Waals surface area (Å²) in [7, 11) is -4.06. The Morgan fingerprint density at radius 1 is 0.875 bits per heavy atom. The van der Waals surface area contributed by atoms with E-state index in [0.29, 0.717) is 38.0 Å². The molecule has 1 aromatic heterocycles. The number of aryl methyl sites for hydroxylation is 1. The molecule has 1 aliphatic rings. The Kier molecular flexibility index (Phi) is 6.09. The summed E-state index contributed by atoms with van der Waals surface area (Å²) in [5.74, 6) is -1.93. The fourth-order valence-corrected chi connectivity index (χ4v) is 6.41. The SMILES string of the molecule is O=C(CCn1c2ccc(O)cc2c2c3c(c(-c4ccccc4Cl)cc21)C(=O)NC3=O)NS(=O)(=O)c1ccccc1. The lowest BCUT2D eigenvalue weighted by Gasteiger charge is -2.12.